The van der Waals surface area contributed by atoms with Gasteiger partial charge in [-0.2, -0.15) is 0 Å². The minimum atomic E-state index is -0.745. The quantitative estimate of drug-likeness (QED) is 0.836. The zero-order valence-electron chi connectivity index (χ0n) is 9.88. The van der Waals surface area contributed by atoms with Gasteiger partial charge in [-0.3, -0.25) is 0 Å². The topological polar surface area (TPSA) is 41.5 Å². The van der Waals surface area contributed by atoms with E-state index in [1.807, 2.05) is 19.1 Å². The smallest absolute Gasteiger partial charge is 0.138 e. The standard InChI is InChI=1S/C12H18ClNO2/c1-4-16-11-6-5-9(7-10(11)13)14-8-12(2,3)15/h5-7,14-15H,4,8H2,1-3H3. The van der Waals surface area contributed by atoms with Crippen molar-refractivity contribution in [2.24, 2.45) is 0 Å². The third-order valence-corrected chi connectivity index (χ3v) is 2.25. The first-order valence-electron chi connectivity index (χ1n) is 5.31. The Bertz CT molecular complexity index is 347. The number of hydrogen-bond donors (Lipinski definition) is 2. The third-order valence-electron chi connectivity index (χ3n) is 1.96. The van der Waals surface area contributed by atoms with Crippen LogP contribution in [-0.2, 0) is 0 Å². The maximum atomic E-state index is 9.57. The lowest BCUT2D eigenvalue weighted by atomic mass is 10.1. The van der Waals surface area contributed by atoms with Gasteiger partial charge in [-0.05, 0) is 39.0 Å². The summed E-state index contributed by atoms with van der Waals surface area (Å²) in [7, 11) is 0. The summed E-state index contributed by atoms with van der Waals surface area (Å²) in [6.07, 6.45) is 0. The summed E-state index contributed by atoms with van der Waals surface area (Å²) in [6.45, 7) is 6.47. The average Bonchev–Trinajstić information content (AvgIpc) is 2.18. The summed E-state index contributed by atoms with van der Waals surface area (Å²) < 4.78 is 5.33. The Balaban J connectivity index is 2.66. The van der Waals surface area contributed by atoms with Crippen LogP contribution in [0.25, 0.3) is 0 Å². The number of rotatable bonds is 5. The highest BCUT2D eigenvalue weighted by molar-refractivity contribution is 6.32. The maximum Gasteiger partial charge on any atom is 0.138 e. The van der Waals surface area contributed by atoms with Crippen LogP contribution in [-0.4, -0.2) is 23.9 Å². The molecule has 0 saturated carbocycles. The van der Waals surface area contributed by atoms with E-state index in [1.54, 1.807) is 19.9 Å². The number of ether oxygens (including phenoxy) is 1. The van der Waals surface area contributed by atoms with Gasteiger partial charge in [-0.1, -0.05) is 11.6 Å². The van der Waals surface area contributed by atoms with E-state index in [0.717, 1.165) is 5.69 Å². The van der Waals surface area contributed by atoms with Crippen molar-refractivity contribution in [3.05, 3.63) is 23.2 Å². The Hall–Kier alpha value is -0.930. The van der Waals surface area contributed by atoms with E-state index in [1.165, 1.54) is 0 Å². The van der Waals surface area contributed by atoms with Gasteiger partial charge in [0.2, 0.25) is 0 Å². The Morgan fingerprint density at radius 3 is 2.62 bits per heavy atom. The van der Waals surface area contributed by atoms with Gasteiger partial charge in [0.25, 0.3) is 0 Å². The van der Waals surface area contributed by atoms with Crippen LogP contribution in [0.2, 0.25) is 5.02 Å². The van der Waals surface area contributed by atoms with Gasteiger partial charge in [0.05, 0.1) is 17.2 Å². The van der Waals surface area contributed by atoms with Gasteiger partial charge in [-0.25, -0.2) is 0 Å². The highest BCUT2D eigenvalue weighted by Crippen LogP contribution is 2.27. The summed E-state index contributed by atoms with van der Waals surface area (Å²) >= 11 is 6.03. The molecule has 0 spiro atoms. The first kappa shape index (κ1) is 13.1. The molecule has 0 saturated heterocycles. The predicted octanol–water partition coefficient (Wildman–Crippen LogP) is 2.92. The van der Waals surface area contributed by atoms with Gasteiger partial charge in [0.15, 0.2) is 0 Å². The van der Waals surface area contributed by atoms with E-state index < -0.39 is 5.60 Å². The fourth-order valence-corrected chi connectivity index (χ4v) is 1.44. The molecule has 1 rings (SSSR count). The van der Waals surface area contributed by atoms with Crippen LogP contribution in [0.5, 0.6) is 5.75 Å². The van der Waals surface area contributed by atoms with E-state index >= 15 is 0 Å². The molecular formula is C12H18ClNO2. The van der Waals surface area contributed by atoms with E-state index in [-0.39, 0.29) is 0 Å². The van der Waals surface area contributed by atoms with E-state index in [0.29, 0.717) is 23.9 Å². The van der Waals surface area contributed by atoms with Gasteiger partial charge in [0, 0.05) is 12.2 Å². The van der Waals surface area contributed by atoms with Crippen molar-refractivity contribution < 1.29 is 9.84 Å². The molecule has 0 unspecified atom stereocenters. The average molecular weight is 244 g/mol. The lowest BCUT2D eigenvalue weighted by Crippen LogP contribution is -2.29. The molecule has 1 aromatic rings. The summed E-state index contributed by atoms with van der Waals surface area (Å²) in [6, 6.07) is 5.49. The van der Waals surface area contributed by atoms with Crippen molar-refractivity contribution in [2.75, 3.05) is 18.5 Å². The molecule has 1 aromatic carbocycles. The largest absolute Gasteiger partial charge is 0.492 e. The minimum Gasteiger partial charge on any atom is -0.492 e. The Labute approximate surface area is 101 Å². The lowest BCUT2D eigenvalue weighted by molar-refractivity contribution is 0.0945. The first-order chi connectivity index (χ1) is 7.42. The Morgan fingerprint density at radius 1 is 1.44 bits per heavy atom. The van der Waals surface area contributed by atoms with Gasteiger partial charge in [0.1, 0.15) is 5.75 Å². The number of nitrogens with one attached hydrogen (secondary N) is 1. The monoisotopic (exact) mass is 243 g/mol. The number of benzene rings is 1. The summed E-state index contributed by atoms with van der Waals surface area (Å²) in [5, 5.41) is 13.2. The zero-order valence-corrected chi connectivity index (χ0v) is 10.6. The molecule has 0 fully saturated rings. The molecule has 0 amide bonds. The molecule has 90 valence electrons. The number of halogens is 1. The van der Waals surface area contributed by atoms with E-state index in [9.17, 15) is 5.11 Å². The molecule has 0 aliphatic rings. The fraction of sp³-hybridized carbons (Fsp3) is 0.500. The van der Waals surface area contributed by atoms with Crippen LogP contribution in [0.4, 0.5) is 5.69 Å². The van der Waals surface area contributed by atoms with Gasteiger partial charge < -0.3 is 15.2 Å². The predicted molar refractivity (Wildman–Crippen MR) is 67.4 cm³/mol. The van der Waals surface area contributed by atoms with Crippen molar-refractivity contribution >= 4 is 17.3 Å². The van der Waals surface area contributed by atoms with Crippen LogP contribution < -0.4 is 10.1 Å². The molecular weight excluding hydrogens is 226 g/mol. The summed E-state index contributed by atoms with van der Waals surface area (Å²) in [4.78, 5) is 0. The van der Waals surface area contributed by atoms with Crippen molar-refractivity contribution in [2.45, 2.75) is 26.4 Å². The molecule has 0 heterocycles. The molecule has 0 atom stereocenters. The Morgan fingerprint density at radius 2 is 2.12 bits per heavy atom. The molecule has 16 heavy (non-hydrogen) atoms. The van der Waals surface area contributed by atoms with Crippen molar-refractivity contribution in [3.8, 4) is 5.75 Å². The fourth-order valence-electron chi connectivity index (χ4n) is 1.20. The summed E-state index contributed by atoms with van der Waals surface area (Å²) in [5.74, 6) is 0.679. The van der Waals surface area contributed by atoms with Crippen molar-refractivity contribution in [3.63, 3.8) is 0 Å². The van der Waals surface area contributed by atoms with Crippen molar-refractivity contribution in [1.29, 1.82) is 0 Å². The third kappa shape index (κ3) is 4.29. The maximum absolute atomic E-state index is 9.57. The minimum absolute atomic E-state index is 0.470. The van der Waals surface area contributed by atoms with Gasteiger partial charge in [-0.15, -0.1) is 0 Å². The van der Waals surface area contributed by atoms with Gasteiger partial charge >= 0.3 is 0 Å². The van der Waals surface area contributed by atoms with Crippen LogP contribution in [0.15, 0.2) is 18.2 Å². The second-order valence-electron chi connectivity index (χ2n) is 4.24. The number of hydrogen-bond acceptors (Lipinski definition) is 3. The molecule has 0 aliphatic carbocycles. The van der Waals surface area contributed by atoms with Crippen LogP contribution in [0.1, 0.15) is 20.8 Å². The van der Waals surface area contributed by atoms with Crippen LogP contribution >= 0.6 is 11.6 Å². The van der Waals surface area contributed by atoms with Crippen LogP contribution in [0.3, 0.4) is 0 Å². The first-order valence-corrected chi connectivity index (χ1v) is 5.69. The van der Waals surface area contributed by atoms with E-state index in [2.05, 4.69) is 5.32 Å². The van der Waals surface area contributed by atoms with E-state index in [4.69, 9.17) is 16.3 Å². The highest BCUT2D eigenvalue weighted by atomic mass is 35.5. The number of aliphatic hydroxyl groups is 1. The molecule has 0 aromatic heterocycles. The van der Waals surface area contributed by atoms with Crippen molar-refractivity contribution in [1.82, 2.24) is 0 Å². The molecule has 0 radical (unpaired) electrons. The SMILES string of the molecule is CCOc1ccc(NCC(C)(C)O)cc1Cl. The normalized spacial score (nSPS) is 11.3. The summed E-state index contributed by atoms with van der Waals surface area (Å²) in [5.41, 5.74) is 0.126. The highest BCUT2D eigenvalue weighted by Gasteiger charge is 2.12. The second kappa shape index (κ2) is 5.41. The molecule has 0 aliphatic heterocycles. The number of anilines is 1. The molecule has 3 nitrogen and oxygen atoms in total. The van der Waals surface area contributed by atoms with Crippen LogP contribution in [0, 0.1) is 0 Å². The molecule has 4 heteroatoms. The Kier molecular flexibility index (Phi) is 4.44. The molecule has 2 N–H and O–H groups in total. The lowest BCUT2D eigenvalue weighted by Gasteiger charge is -2.19. The molecule has 0 bridgehead atoms. The second-order valence-corrected chi connectivity index (χ2v) is 4.65. The zero-order chi connectivity index (χ0) is 12.2.